The van der Waals surface area contributed by atoms with Crippen molar-refractivity contribution in [3.8, 4) is 0 Å². The van der Waals surface area contributed by atoms with Crippen LogP contribution in [0.2, 0.25) is 0 Å². The fraction of sp³-hybridized carbons (Fsp3) is 0.776. The Balaban J connectivity index is 0.000000294. The quantitative estimate of drug-likeness (QED) is 0.120. The second kappa shape index (κ2) is 28.4. The van der Waals surface area contributed by atoms with Gasteiger partial charge in [-0.25, -0.2) is 9.59 Å². The molecule has 4 heterocycles. The molecule has 11 atom stereocenters. The van der Waals surface area contributed by atoms with Gasteiger partial charge in [-0.1, -0.05) is 91.2 Å². The Kier molecular flexibility index (Phi) is 23.1. The molecule has 22 nitrogen and oxygen atoms in total. The third-order valence-electron chi connectivity index (χ3n) is 16.3. The van der Waals surface area contributed by atoms with Crippen LogP contribution in [0.3, 0.4) is 0 Å². The molecule has 8 amide bonds. The molecule has 7 N–H and O–H groups in total. The Labute approximate surface area is 473 Å². The first kappa shape index (κ1) is 65.2. The summed E-state index contributed by atoms with van der Waals surface area (Å²) in [5, 5.41) is 27.0. The Morgan fingerprint density at radius 3 is 1.51 bits per heavy atom. The second-order valence-corrected chi connectivity index (χ2v) is 25.5. The number of fused-ring (bicyclic) bond motifs is 6. The lowest BCUT2D eigenvalue weighted by Crippen LogP contribution is -2.59. The first-order valence-electron chi connectivity index (χ1n) is 28.9. The maximum atomic E-state index is 13.9. The van der Waals surface area contributed by atoms with Crippen LogP contribution in [0, 0.1) is 34.5 Å². The number of aliphatic hydroxyl groups is 1. The van der Waals surface area contributed by atoms with Crippen molar-refractivity contribution < 1.29 is 67.2 Å². The normalized spacial score (nSPS) is 29.8. The molecule has 6 aliphatic rings. The van der Waals surface area contributed by atoms with Gasteiger partial charge in [-0.05, 0) is 102 Å². The molecule has 0 aromatic heterocycles. The average Bonchev–Trinajstić information content (AvgIpc) is 3.81. The van der Waals surface area contributed by atoms with Crippen molar-refractivity contribution >= 4 is 53.4 Å². The van der Waals surface area contributed by atoms with Gasteiger partial charge in [-0.2, -0.15) is 0 Å². The number of hydrogen-bond donors (Lipinski definition) is 7. The SMILES string of the molecule is C=CCNC(=O)C(=O)[C@@H]1CCCCCCCOC[C@H](NC(=O)OC(C)(C)C)C(=O)N2C[C@H]3[C@@H]([C@H]2C(=O)N1)C3(C)C.C=CCNC(=O)C(O)[C@@H]1CCCCCCCOC[C@H](NC(=O)OC(C)(C)C)C(=O)N2C[C@H]3[C@@H]([C@H]2C(=O)N1)C3(C)C. The third-order valence-corrected chi connectivity index (χ3v) is 16.3. The van der Waals surface area contributed by atoms with E-state index in [1.807, 2.05) is 0 Å². The molecule has 0 aromatic rings. The summed E-state index contributed by atoms with van der Waals surface area (Å²) in [7, 11) is 0. The molecular weight excluding hydrogens is 1030 g/mol. The van der Waals surface area contributed by atoms with E-state index in [2.05, 4.69) is 72.8 Å². The minimum absolute atomic E-state index is 0.0353. The summed E-state index contributed by atoms with van der Waals surface area (Å²) in [6.45, 7) is 27.6. The van der Waals surface area contributed by atoms with Crippen LogP contribution in [-0.2, 0) is 52.5 Å². The first-order chi connectivity index (χ1) is 37.5. The lowest BCUT2D eigenvalue weighted by atomic mass is 9.97. The van der Waals surface area contributed by atoms with Crippen molar-refractivity contribution in [1.29, 1.82) is 0 Å². The van der Waals surface area contributed by atoms with Crippen molar-refractivity contribution in [3.05, 3.63) is 25.3 Å². The highest BCUT2D eigenvalue weighted by Gasteiger charge is 2.71. The number of amides is 8. The van der Waals surface area contributed by atoms with Gasteiger partial charge in [-0.3, -0.25) is 33.6 Å². The van der Waals surface area contributed by atoms with Crippen molar-refractivity contribution in [2.24, 2.45) is 34.5 Å². The fourth-order valence-electron chi connectivity index (χ4n) is 11.8. The van der Waals surface area contributed by atoms with Crippen molar-refractivity contribution in [1.82, 2.24) is 41.7 Å². The monoisotopic (exact) mass is 1130 g/mol. The molecule has 1 unspecified atom stereocenters. The van der Waals surface area contributed by atoms with E-state index in [0.29, 0.717) is 45.6 Å². The molecule has 22 heteroatoms. The van der Waals surface area contributed by atoms with Crippen LogP contribution in [0.25, 0.3) is 0 Å². The smallest absolute Gasteiger partial charge is 0.408 e. The molecule has 0 bridgehead atoms. The maximum Gasteiger partial charge on any atom is 0.408 e. The number of nitrogens with one attached hydrogen (secondary N) is 6. The molecule has 0 spiro atoms. The number of ketones is 1. The van der Waals surface area contributed by atoms with Crippen LogP contribution in [0.1, 0.15) is 146 Å². The molecule has 4 saturated heterocycles. The average molecular weight is 1130 g/mol. The lowest BCUT2D eigenvalue weighted by Gasteiger charge is -2.34. The minimum atomic E-state index is -1.44. The maximum absolute atomic E-state index is 13.9. The Morgan fingerprint density at radius 2 is 1.06 bits per heavy atom. The molecule has 0 radical (unpaired) electrons. The highest BCUT2D eigenvalue weighted by molar-refractivity contribution is 6.38. The number of carbonyl (C=O) groups excluding carboxylic acids is 9. The van der Waals surface area contributed by atoms with Crippen LogP contribution < -0.4 is 31.9 Å². The van der Waals surface area contributed by atoms with E-state index in [4.69, 9.17) is 18.9 Å². The van der Waals surface area contributed by atoms with Gasteiger partial charge in [0, 0.05) is 39.4 Å². The van der Waals surface area contributed by atoms with Gasteiger partial charge in [0.15, 0.2) is 6.10 Å². The molecule has 2 aliphatic carbocycles. The van der Waals surface area contributed by atoms with Crippen LogP contribution in [0.4, 0.5) is 9.59 Å². The van der Waals surface area contributed by atoms with Crippen LogP contribution in [0.15, 0.2) is 25.3 Å². The summed E-state index contributed by atoms with van der Waals surface area (Å²) in [5.74, 6) is -3.76. The zero-order chi connectivity index (χ0) is 59.3. The second-order valence-electron chi connectivity index (χ2n) is 25.5. The first-order valence-corrected chi connectivity index (χ1v) is 28.9. The van der Waals surface area contributed by atoms with Gasteiger partial charge in [0.25, 0.3) is 11.8 Å². The predicted molar refractivity (Wildman–Crippen MR) is 297 cm³/mol. The van der Waals surface area contributed by atoms with Gasteiger partial charge in [-0.15, -0.1) is 13.2 Å². The van der Waals surface area contributed by atoms with Gasteiger partial charge in [0.05, 0.1) is 25.3 Å². The zero-order valence-corrected chi connectivity index (χ0v) is 49.2. The number of carbonyl (C=O) groups is 9. The van der Waals surface area contributed by atoms with E-state index >= 15 is 0 Å². The zero-order valence-electron chi connectivity index (χ0n) is 49.2. The third kappa shape index (κ3) is 17.7. The van der Waals surface area contributed by atoms with Gasteiger partial charge >= 0.3 is 12.2 Å². The van der Waals surface area contributed by atoms with Crippen molar-refractivity contribution in [2.45, 2.75) is 200 Å². The van der Waals surface area contributed by atoms with E-state index < -0.39 is 107 Å². The number of nitrogens with zero attached hydrogens (tertiary/aromatic N) is 2. The summed E-state index contributed by atoms with van der Waals surface area (Å²) in [6.07, 6.45) is 9.12. The molecule has 6 fully saturated rings. The highest BCUT2D eigenvalue weighted by atomic mass is 16.6. The number of hydrogen-bond acceptors (Lipinski definition) is 14. The molecular formula is C58H94N8O14. The van der Waals surface area contributed by atoms with E-state index in [1.165, 1.54) is 22.0 Å². The molecule has 2 saturated carbocycles. The van der Waals surface area contributed by atoms with Gasteiger partial charge in [0.2, 0.25) is 29.4 Å². The van der Waals surface area contributed by atoms with E-state index in [1.54, 1.807) is 41.5 Å². The minimum Gasteiger partial charge on any atom is -0.444 e. The van der Waals surface area contributed by atoms with E-state index in [9.17, 15) is 48.3 Å². The van der Waals surface area contributed by atoms with Crippen molar-refractivity contribution in [3.63, 3.8) is 0 Å². The van der Waals surface area contributed by atoms with Crippen LogP contribution in [0.5, 0.6) is 0 Å². The van der Waals surface area contributed by atoms with Crippen LogP contribution in [-0.4, -0.2) is 174 Å². The van der Waals surface area contributed by atoms with E-state index in [-0.39, 0.29) is 60.8 Å². The number of alkyl carbamates (subject to hydrolysis) is 2. The topological polar surface area (TPSA) is 289 Å². The Hall–Kier alpha value is -5.61. The number of Topliss-reactive ketones (excluding diaryl/α,β-unsaturated/α-hetero) is 1. The summed E-state index contributed by atoms with van der Waals surface area (Å²) >= 11 is 0. The molecule has 4 aliphatic heterocycles. The lowest BCUT2D eigenvalue weighted by molar-refractivity contribution is -0.145. The number of piperidine rings is 2. The molecule has 6 rings (SSSR count). The Bertz CT molecular complexity index is 2240. The molecule has 450 valence electrons. The summed E-state index contributed by atoms with van der Waals surface area (Å²) in [4.78, 5) is 122. The standard InChI is InChI=1S/C29H48N4O7.C29H46N4O7/c2*1-7-14-30-25(36)23(34)19-13-11-9-8-10-12-15-39-17-20(32-27(38)40-28(2,3)4)26(37)33-16-18-21(29(18,5)6)22(33)24(35)31-19/h7,18-23,34H,1,8-17H2,2-6H3,(H,30,36)(H,31,35)(H,32,38);7,18-22H,1,8-17H2,2-6H3,(H,30,36)(H,31,35)(H,32,38)/t18-,19-,20-,21-,22-,23?;18-,19-,20-,21-,22-/m00/s1. The largest absolute Gasteiger partial charge is 0.444 e. The number of ether oxygens (including phenoxy) is 4. The number of rotatable bonds is 10. The fourth-order valence-corrected chi connectivity index (χ4v) is 11.8. The Morgan fingerprint density at radius 1 is 0.650 bits per heavy atom. The van der Waals surface area contributed by atoms with Gasteiger partial charge < -0.3 is 65.8 Å². The summed E-state index contributed by atoms with van der Waals surface area (Å²) < 4.78 is 22.4. The molecule has 80 heavy (non-hydrogen) atoms. The number of aliphatic hydroxyl groups excluding tert-OH is 1. The predicted octanol–water partition coefficient (Wildman–Crippen LogP) is 3.97. The van der Waals surface area contributed by atoms with Crippen molar-refractivity contribution in [2.75, 3.05) is 52.6 Å². The highest BCUT2D eigenvalue weighted by Crippen LogP contribution is 2.66. The van der Waals surface area contributed by atoms with E-state index in [0.717, 1.165) is 57.8 Å². The summed E-state index contributed by atoms with van der Waals surface area (Å²) in [6, 6.07) is -5.50. The molecule has 0 aromatic carbocycles. The summed E-state index contributed by atoms with van der Waals surface area (Å²) in [5.41, 5.74) is -1.81. The van der Waals surface area contributed by atoms with Gasteiger partial charge in [0.1, 0.15) is 35.4 Å². The van der Waals surface area contributed by atoms with Crippen LogP contribution >= 0.6 is 0 Å².